The van der Waals surface area contributed by atoms with Gasteiger partial charge in [-0.2, -0.15) is 0 Å². The molecule has 0 bridgehead atoms. The molecule has 1 aliphatic heterocycles. The van der Waals surface area contributed by atoms with E-state index in [0.717, 1.165) is 12.3 Å². The minimum atomic E-state index is -3.48. The summed E-state index contributed by atoms with van der Waals surface area (Å²) in [5.41, 5.74) is -0.210. The van der Waals surface area contributed by atoms with Crippen molar-refractivity contribution < 1.29 is 18.1 Å². The number of sulfone groups is 1. The Bertz CT molecular complexity index is 653. The summed E-state index contributed by atoms with van der Waals surface area (Å²) in [4.78, 5) is 23.2. The van der Waals surface area contributed by atoms with Crippen LogP contribution in [0.1, 0.15) is 12.8 Å². The molecule has 8 heteroatoms. The fourth-order valence-corrected chi connectivity index (χ4v) is 2.65. The molecule has 19 heavy (non-hydrogen) atoms. The molecule has 1 aromatic carbocycles. The van der Waals surface area contributed by atoms with Gasteiger partial charge in [0, 0.05) is 25.3 Å². The van der Waals surface area contributed by atoms with E-state index in [1.807, 2.05) is 0 Å². The lowest BCUT2D eigenvalue weighted by atomic mass is 10.2. The van der Waals surface area contributed by atoms with Gasteiger partial charge in [-0.1, -0.05) is 0 Å². The van der Waals surface area contributed by atoms with Gasteiger partial charge in [0.05, 0.1) is 9.82 Å². The van der Waals surface area contributed by atoms with Crippen LogP contribution in [-0.2, 0) is 14.6 Å². The average Bonchev–Trinajstić information content (AvgIpc) is 2.73. The van der Waals surface area contributed by atoms with Gasteiger partial charge in [0.2, 0.25) is 5.91 Å². The molecule has 0 unspecified atom stereocenters. The van der Waals surface area contributed by atoms with Crippen LogP contribution in [0.2, 0.25) is 0 Å². The van der Waals surface area contributed by atoms with Gasteiger partial charge < -0.3 is 4.90 Å². The number of carbonyl (C=O) groups excluding carboxylic acids is 1. The van der Waals surface area contributed by atoms with Gasteiger partial charge in [-0.25, -0.2) is 8.42 Å². The first kappa shape index (κ1) is 13.5. The second-order valence-corrected chi connectivity index (χ2v) is 6.34. The highest BCUT2D eigenvalue weighted by molar-refractivity contribution is 7.90. The Morgan fingerprint density at radius 2 is 2.05 bits per heavy atom. The molecule has 7 nitrogen and oxygen atoms in total. The predicted molar refractivity (Wildman–Crippen MR) is 67.8 cm³/mol. The number of carbonyl (C=O) groups is 1. The minimum Gasteiger partial charge on any atom is -0.306 e. The molecule has 0 atom stereocenters. The van der Waals surface area contributed by atoms with E-state index in [1.165, 1.54) is 17.0 Å². The van der Waals surface area contributed by atoms with Crippen LogP contribution in [-0.4, -0.2) is 32.0 Å². The van der Waals surface area contributed by atoms with Crippen molar-refractivity contribution in [3.63, 3.8) is 0 Å². The standard InChI is InChI=1S/C11H12N2O5S/c1-19(17,18)8-4-5-9(13(15)16)10(7-8)12-6-2-3-11(12)14/h4-5,7H,2-3,6H2,1H3. The highest BCUT2D eigenvalue weighted by Gasteiger charge is 2.29. The van der Waals surface area contributed by atoms with Crippen LogP contribution in [0.4, 0.5) is 11.4 Å². The summed E-state index contributed by atoms with van der Waals surface area (Å²) in [7, 11) is -3.48. The molecule has 0 spiro atoms. The fraction of sp³-hybridized carbons (Fsp3) is 0.364. The molecule has 1 amide bonds. The number of nitrogens with zero attached hydrogens (tertiary/aromatic N) is 2. The molecule has 0 aromatic heterocycles. The summed E-state index contributed by atoms with van der Waals surface area (Å²) < 4.78 is 23.0. The lowest BCUT2D eigenvalue weighted by Gasteiger charge is -2.16. The molecular formula is C11H12N2O5S. The van der Waals surface area contributed by atoms with Crippen molar-refractivity contribution in [1.29, 1.82) is 0 Å². The molecule has 1 saturated heterocycles. The third kappa shape index (κ3) is 2.58. The molecule has 102 valence electrons. The molecule has 2 rings (SSSR count). The number of nitro groups is 1. The topological polar surface area (TPSA) is 97.6 Å². The first-order valence-corrected chi connectivity index (χ1v) is 7.49. The molecule has 0 aliphatic carbocycles. The van der Waals surface area contributed by atoms with Crippen molar-refractivity contribution in [3.8, 4) is 0 Å². The number of hydrogen-bond donors (Lipinski definition) is 0. The van der Waals surface area contributed by atoms with E-state index in [4.69, 9.17) is 0 Å². The van der Waals surface area contributed by atoms with E-state index in [-0.39, 0.29) is 22.2 Å². The van der Waals surface area contributed by atoms with Crippen LogP contribution in [0.15, 0.2) is 23.1 Å². The molecule has 1 aliphatic rings. The van der Waals surface area contributed by atoms with E-state index in [9.17, 15) is 23.3 Å². The first-order chi connectivity index (χ1) is 8.80. The third-order valence-electron chi connectivity index (χ3n) is 2.94. The SMILES string of the molecule is CS(=O)(=O)c1ccc([N+](=O)[O-])c(N2CCCC2=O)c1. The smallest absolute Gasteiger partial charge is 0.293 e. The largest absolute Gasteiger partial charge is 0.306 e. The van der Waals surface area contributed by atoms with Crippen molar-refractivity contribution in [2.24, 2.45) is 0 Å². The zero-order valence-electron chi connectivity index (χ0n) is 10.2. The van der Waals surface area contributed by atoms with Gasteiger partial charge in [0.15, 0.2) is 9.84 Å². The van der Waals surface area contributed by atoms with Crippen molar-refractivity contribution in [2.75, 3.05) is 17.7 Å². The first-order valence-electron chi connectivity index (χ1n) is 5.59. The van der Waals surface area contributed by atoms with Crippen molar-refractivity contribution in [3.05, 3.63) is 28.3 Å². The molecule has 1 fully saturated rings. The molecule has 1 heterocycles. The van der Waals surface area contributed by atoms with Crippen LogP contribution >= 0.6 is 0 Å². The van der Waals surface area contributed by atoms with Crippen LogP contribution < -0.4 is 4.90 Å². The highest BCUT2D eigenvalue weighted by Crippen LogP contribution is 2.33. The van der Waals surface area contributed by atoms with Gasteiger partial charge >= 0.3 is 0 Å². The van der Waals surface area contributed by atoms with Gasteiger partial charge in [-0.3, -0.25) is 14.9 Å². The summed E-state index contributed by atoms with van der Waals surface area (Å²) in [6.07, 6.45) is 1.95. The second-order valence-electron chi connectivity index (χ2n) is 4.33. The quantitative estimate of drug-likeness (QED) is 0.612. The van der Waals surface area contributed by atoms with Crippen molar-refractivity contribution in [1.82, 2.24) is 0 Å². The lowest BCUT2D eigenvalue weighted by molar-refractivity contribution is -0.384. The number of amides is 1. The Kier molecular flexibility index (Phi) is 3.27. The van der Waals surface area contributed by atoms with Crippen LogP contribution in [0.25, 0.3) is 0 Å². The monoisotopic (exact) mass is 284 g/mol. The molecular weight excluding hydrogens is 272 g/mol. The van der Waals surface area contributed by atoms with E-state index < -0.39 is 14.8 Å². The highest BCUT2D eigenvalue weighted by atomic mass is 32.2. The van der Waals surface area contributed by atoms with Gasteiger partial charge in [0.1, 0.15) is 5.69 Å². The zero-order chi connectivity index (χ0) is 14.2. The summed E-state index contributed by atoms with van der Waals surface area (Å²) in [6.45, 7) is 0.368. The van der Waals surface area contributed by atoms with Crippen LogP contribution in [0.3, 0.4) is 0 Å². The summed E-state index contributed by atoms with van der Waals surface area (Å²) >= 11 is 0. The Hall–Kier alpha value is -1.96. The molecule has 0 N–H and O–H groups in total. The number of hydrogen-bond acceptors (Lipinski definition) is 5. The predicted octanol–water partition coefficient (Wildman–Crippen LogP) is 1.13. The summed E-state index contributed by atoms with van der Waals surface area (Å²) in [6, 6.07) is 3.49. The normalized spacial score (nSPS) is 15.8. The minimum absolute atomic E-state index is 0.0344. The van der Waals surface area contributed by atoms with Crippen molar-refractivity contribution >= 4 is 27.1 Å². The molecule has 1 aromatic rings. The lowest BCUT2D eigenvalue weighted by Crippen LogP contribution is -2.24. The average molecular weight is 284 g/mol. The zero-order valence-corrected chi connectivity index (χ0v) is 11.0. The van der Waals surface area contributed by atoms with Crippen LogP contribution in [0.5, 0.6) is 0 Å². The number of anilines is 1. The Labute approximate surface area is 109 Å². The number of rotatable bonds is 3. The summed E-state index contributed by atoms with van der Waals surface area (Å²) in [5, 5.41) is 11.0. The number of nitro benzene ring substituents is 1. The van der Waals surface area contributed by atoms with Crippen LogP contribution in [0, 0.1) is 10.1 Å². The summed E-state index contributed by atoms with van der Waals surface area (Å²) in [5.74, 6) is -0.228. The Balaban J connectivity index is 2.60. The van der Waals surface area contributed by atoms with Gasteiger partial charge in [-0.15, -0.1) is 0 Å². The number of benzene rings is 1. The van der Waals surface area contributed by atoms with Gasteiger partial charge in [-0.05, 0) is 18.6 Å². The van der Waals surface area contributed by atoms with E-state index >= 15 is 0 Å². The maximum Gasteiger partial charge on any atom is 0.293 e. The molecule has 0 saturated carbocycles. The maximum absolute atomic E-state index is 11.7. The van der Waals surface area contributed by atoms with Crippen molar-refractivity contribution in [2.45, 2.75) is 17.7 Å². The fourth-order valence-electron chi connectivity index (χ4n) is 2.01. The maximum atomic E-state index is 11.7. The second kappa shape index (κ2) is 4.61. The van der Waals surface area contributed by atoms with Gasteiger partial charge in [0.25, 0.3) is 5.69 Å². The molecule has 0 radical (unpaired) electrons. The van der Waals surface area contributed by atoms with E-state index in [2.05, 4.69) is 0 Å². The van der Waals surface area contributed by atoms with E-state index in [0.29, 0.717) is 19.4 Å². The third-order valence-corrected chi connectivity index (χ3v) is 4.05. The van der Waals surface area contributed by atoms with E-state index in [1.54, 1.807) is 0 Å². The Morgan fingerprint density at radius 3 is 2.53 bits per heavy atom. The Morgan fingerprint density at radius 1 is 1.37 bits per heavy atom.